The van der Waals surface area contributed by atoms with Crippen LogP contribution >= 0.6 is 11.6 Å². The Hall–Kier alpha value is -0.800. The molecule has 1 N–H and O–H groups in total. The Morgan fingerprint density at radius 3 is 3.12 bits per heavy atom. The molecule has 0 saturated heterocycles. The van der Waals surface area contributed by atoms with Gasteiger partial charge in [-0.05, 0) is 24.8 Å². The first-order chi connectivity index (χ1) is 8.33. The van der Waals surface area contributed by atoms with Gasteiger partial charge in [-0.2, -0.15) is 0 Å². The summed E-state index contributed by atoms with van der Waals surface area (Å²) in [5.74, 6) is 2.04. The SMILES string of the molecule is COc1cccc(CNC2CCCC2CCl)n1. The van der Waals surface area contributed by atoms with Gasteiger partial charge in [-0.15, -0.1) is 11.6 Å². The standard InChI is InChI=1S/C13H19ClN2O/c1-17-13-7-3-5-11(16-13)9-15-12-6-2-4-10(12)8-14/h3,5,7,10,12,15H,2,4,6,8-9H2,1H3. The number of methoxy groups -OCH3 is 1. The topological polar surface area (TPSA) is 34.1 Å². The number of halogens is 1. The Morgan fingerprint density at radius 2 is 2.35 bits per heavy atom. The van der Waals surface area contributed by atoms with Crippen molar-refractivity contribution in [3.05, 3.63) is 23.9 Å². The molecule has 1 aromatic heterocycles. The van der Waals surface area contributed by atoms with Gasteiger partial charge in [-0.1, -0.05) is 12.5 Å². The van der Waals surface area contributed by atoms with E-state index < -0.39 is 0 Å². The highest BCUT2D eigenvalue weighted by Crippen LogP contribution is 2.26. The van der Waals surface area contributed by atoms with E-state index in [4.69, 9.17) is 16.3 Å². The van der Waals surface area contributed by atoms with Crippen LogP contribution in [0.25, 0.3) is 0 Å². The predicted molar refractivity (Wildman–Crippen MR) is 69.5 cm³/mol. The van der Waals surface area contributed by atoms with Gasteiger partial charge in [0.25, 0.3) is 0 Å². The Morgan fingerprint density at radius 1 is 1.47 bits per heavy atom. The summed E-state index contributed by atoms with van der Waals surface area (Å²) in [6, 6.07) is 6.39. The van der Waals surface area contributed by atoms with Crippen molar-refractivity contribution in [2.24, 2.45) is 5.92 Å². The second-order valence-corrected chi connectivity index (χ2v) is 4.81. The summed E-state index contributed by atoms with van der Waals surface area (Å²) in [5.41, 5.74) is 1.02. The normalized spacial score (nSPS) is 23.9. The molecule has 1 heterocycles. The average molecular weight is 255 g/mol. The molecule has 2 atom stereocenters. The van der Waals surface area contributed by atoms with E-state index in [2.05, 4.69) is 10.3 Å². The molecule has 1 fully saturated rings. The first-order valence-corrected chi connectivity index (χ1v) is 6.66. The number of alkyl halides is 1. The van der Waals surface area contributed by atoms with E-state index in [1.807, 2.05) is 18.2 Å². The minimum absolute atomic E-state index is 0.542. The lowest BCUT2D eigenvalue weighted by atomic mass is 10.1. The highest BCUT2D eigenvalue weighted by molar-refractivity contribution is 6.18. The molecule has 0 aliphatic heterocycles. The van der Waals surface area contributed by atoms with Crippen LogP contribution in [-0.2, 0) is 6.54 Å². The van der Waals surface area contributed by atoms with Crippen LogP contribution in [0, 0.1) is 5.92 Å². The lowest BCUT2D eigenvalue weighted by Gasteiger charge is -2.18. The van der Waals surface area contributed by atoms with E-state index in [9.17, 15) is 0 Å². The van der Waals surface area contributed by atoms with Gasteiger partial charge < -0.3 is 10.1 Å². The molecule has 0 bridgehead atoms. The molecular weight excluding hydrogens is 236 g/mol. The molecule has 0 aromatic carbocycles. The first-order valence-electron chi connectivity index (χ1n) is 6.12. The molecule has 3 nitrogen and oxygen atoms in total. The van der Waals surface area contributed by atoms with Crippen LogP contribution in [-0.4, -0.2) is 24.0 Å². The Balaban J connectivity index is 1.88. The summed E-state index contributed by atoms with van der Waals surface area (Å²) in [6.45, 7) is 0.787. The number of nitrogens with one attached hydrogen (secondary N) is 1. The number of rotatable bonds is 5. The number of ether oxygens (including phenoxy) is 1. The van der Waals surface area contributed by atoms with Crippen LogP contribution in [0.5, 0.6) is 5.88 Å². The van der Waals surface area contributed by atoms with Gasteiger partial charge in [0.2, 0.25) is 5.88 Å². The fourth-order valence-electron chi connectivity index (χ4n) is 2.40. The van der Waals surface area contributed by atoms with Crippen molar-refractivity contribution in [1.82, 2.24) is 10.3 Å². The lowest BCUT2D eigenvalue weighted by molar-refractivity contribution is 0.392. The first kappa shape index (κ1) is 12.7. The van der Waals surface area contributed by atoms with Crippen LogP contribution in [0.2, 0.25) is 0 Å². The van der Waals surface area contributed by atoms with Crippen LogP contribution in [0.4, 0.5) is 0 Å². The maximum atomic E-state index is 5.96. The molecule has 0 amide bonds. The molecule has 1 aromatic rings. The van der Waals surface area contributed by atoms with Crippen LogP contribution in [0.15, 0.2) is 18.2 Å². The van der Waals surface area contributed by atoms with Gasteiger partial charge >= 0.3 is 0 Å². The number of pyridine rings is 1. The molecule has 2 unspecified atom stereocenters. The van der Waals surface area contributed by atoms with Gasteiger partial charge in [0.15, 0.2) is 0 Å². The highest BCUT2D eigenvalue weighted by Gasteiger charge is 2.25. The molecule has 0 spiro atoms. The van der Waals surface area contributed by atoms with E-state index in [1.54, 1.807) is 7.11 Å². The minimum Gasteiger partial charge on any atom is -0.481 e. The quantitative estimate of drug-likeness (QED) is 0.821. The van der Waals surface area contributed by atoms with E-state index in [0.29, 0.717) is 17.8 Å². The summed E-state index contributed by atoms with van der Waals surface area (Å²) in [4.78, 5) is 4.39. The van der Waals surface area contributed by atoms with Crippen molar-refractivity contribution in [3.63, 3.8) is 0 Å². The fraction of sp³-hybridized carbons (Fsp3) is 0.615. The molecular formula is C13H19ClN2O. The predicted octanol–water partition coefficient (Wildman–Crippen LogP) is 2.59. The summed E-state index contributed by atoms with van der Waals surface area (Å²) >= 11 is 5.96. The molecule has 1 aliphatic rings. The third-order valence-corrected chi connectivity index (χ3v) is 3.79. The number of hydrogen-bond donors (Lipinski definition) is 1. The maximum Gasteiger partial charge on any atom is 0.213 e. The summed E-state index contributed by atoms with van der Waals surface area (Å²) in [7, 11) is 1.64. The van der Waals surface area contributed by atoms with Crippen molar-refractivity contribution in [2.45, 2.75) is 31.8 Å². The zero-order valence-corrected chi connectivity index (χ0v) is 10.9. The molecule has 2 rings (SSSR count). The van der Waals surface area contributed by atoms with E-state index in [-0.39, 0.29) is 0 Å². The smallest absolute Gasteiger partial charge is 0.213 e. The fourth-order valence-corrected chi connectivity index (χ4v) is 2.77. The molecule has 17 heavy (non-hydrogen) atoms. The summed E-state index contributed by atoms with van der Waals surface area (Å²) < 4.78 is 5.11. The molecule has 0 radical (unpaired) electrons. The van der Waals surface area contributed by atoms with Crippen molar-refractivity contribution >= 4 is 11.6 Å². The van der Waals surface area contributed by atoms with Gasteiger partial charge in [-0.25, -0.2) is 4.98 Å². The monoisotopic (exact) mass is 254 g/mol. The lowest BCUT2D eigenvalue weighted by Crippen LogP contribution is -2.32. The second kappa shape index (κ2) is 6.22. The third kappa shape index (κ3) is 3.33. The van der Waals surface area contributed by atoms with Crippen molar-refractivity contribution in [1.29, 1.82) is 0 Å². The van der Waals surface area contributed by atoms with E-state index in [1.165, 1.54) is 19.3 Å². The van der Waals surface area contributed by atoms with Crippen LogP contribution < -0.4 is 10.1 Å². The van der Waals surface area contributed by atoms with Crippen LogP contribution in [0.1, 0.15) is 25.0 Å². The van der Waals surface area contributed by atoms with Crippen molar-refractivity contribution in [2.75, 3.05) is 13.0 Å². The number of hydrogen-bond acceptors (Lipinski definition) is 3. The summed E-state index contributed by atoms with van der Waals surface area (Å²) in [5, 5.41) is 3.55. The molecule has 4 heteroatoms. The largest absolute Gasteiger partial charge is 0.481 e. The Bertz CT molecular complexity index is 359. The zero-order valence-electron chi connectivity index (χ0n) is 10.2. The van der Waals surface area contributed by atoms with E-state index >= 15 is 0 Å². The minimum atomic E-state index is 0.542. The van der Waals surface area contributed by atoms with Crippen molar-refractivity contribution in [3.8, 4) is 5.88 Å². The molecule has 94 valence electrons. The Labute approximate surface area is 108 Å². The van der Waals surface area contributed by atoms with Gasteiger partial charge in [-0.3, -0.25) is 0 Å². The number of aromatic nitrogens is 1. The second-order valence-electron chi connectivity index (χ2n) is 4.50. The maximum absolute atomic E-state index is 5.96. The average Bonchev–Trinajstić information content (AvgIpc) is 2.84. The highest BCUT2D eigenvalue weighted by atomic mass is 35.5. The molecule has 1 aliphatic carbocycles. The van der Waals surface area contributed by atoms with Gasteiger partial charge in [0, 0.05) is 24.5 Å². The van der Waals surface area contributed by atoms with Gasteiger partial charge in [0.1, 0.15) is 0 Å². The Kier molecular flexibility index (Phi) is 4.63. The third-order valence-electron chi connectivity index (χ3n) is 3.39. The molecule has 1 saturated carbocycles. The zero-order chi connectivity index (χ0) is 12.1. The van der Waals surface area contributed by atoms with Gasteiger partial charge in [0.05, 0.1) is 12.8 Å². The number of nitrogens with zero attached hydrogens (tertiary/aromatic N) is 1. The van der Waals surface area contributed by atoms with Crippen molar-refractivity contribution < 1.29 is 4.74 Å². The van der Waals surface area contributed by atoms with Crippen LogP contribution in [0.3, 0.4) is 0 Å². The van der Waals surface area contributed by atoms with E-state index in [0.717, 1.165) is 18.1 Å². The summed E-state index contributed by atoms with van der Waals surface area (Å²) in [6.07, 6.45) is 3.74.